The molecule has 0 saturated heterocycles. The Morgan fingerprint density at radius 3 is 2.33 bits per heavy atom. The summed E-state index contributed by atoms with van der Waals surface area (Å²) in [5.74, 6) is 0.147. The molecule has 0 fully saturated rings. The van der Waals surface area contributed by atoms with Crippen LogP contribution < -0.4 is 0 Å². The second-order valence-electron chi connectivity index (χ2n) is 4.14. The van der Waals surface area contributed by atoms with E-state index in [1.165, 1.54) is 0 Å². The van der Waals surface area contributed by atoms with Crippen LogP contribution in [-0.4, -0.2) is 4.98 Å². The second-order valence-corrected chi connectivity index (χ2v) is 5.45. The van der Waals surface area contributed by atoms with Gasteiger partial charge < -0.3 is 0 Å². The molecule has 0 radical (unpaired) electrons. The topological polar surface area (TPSA) is 12.9 Å². The molecule has 1 heterocycles. The number of hydrogen-bond acceptors (Lipinski definition) is 1. The number of rotatable bonds is 3. The molecule has 0 saturated carbocycles. The van der Waals surface area contributed by atoms with Gasteiger partial charge in [0.25, 0.3) is 0 Å². The minimum absolute atomic E-state index is 0.147. The highest BCUT2D eigenvalue weighted by Gasteiger charge is 2.20. The molecule has 94 valence electrons. The molecule has 0 N–H and O–H groups in total. The van der Waals surface area contributed by atoms with Crippen molar-refractivity contribution < 1.29 is 0 Å². The lowest BCUT2D eigenvalue weighted by Crippen LogP contribution is -2.03. The van der Waals surface area contributed by atoms with Crippen LogP contribution in [0.2, 0.25) is 10.0 Å². The van der Waals surface area contributed by atoms with Gasteiger partial charge in [0, 0.05) is 28.4 Å². The summed E-state index contributed by atoms with van der Waals surface area (Å²) in [6, 6.07) is 9.32. The Labute approximate surface area is 122 Å². The highest BCUT2D eigenvalue weighted by atomic mass is 35.5. The Hall–Kier alpha value is -0.760. The van der Waals surface area contributed by atoms with E-state index < -0.39 is 0 Å². The first-order valence-electron chi connectivity index (χ1n) is 5.58. The zero-order chi connectivity index (χ0) is 13.1. The van der Waals surface area contributed by atoms with Crippen LogP contribution in [0.25, 0.3) is 0 Å². The molecule has 0 aliphatic heterocycles. The zero-order valence-electron chi connectivity index (χ0n) is 9.78. The third kappa shape index (κ3) is 2.97. The number of aromatic nitrogens is 1. The number of hydrogen-bond donors (Lipinski definition) is 0. The third-order valence-electron chi connectivity index (χ3n) is 2.93. The first kappa shape index (κ1) is 13.7. The molecule has 18 heavy (non-hydrogen) atoms. The smallest absolute Gasteiger partial charge is 0.0665 e. The number of benzene rings is 1. The van der Waals surface area contributed by atoms with Crippen molar-refractivity contribution in [1.29, 1.82) is 0 Å². The molecule has 2 atom stereocenters. The number of nitrogens with zero attached hydrogens (tertiary/aromatic N) is 1. The van der Waals surface area contributed by atoms with E-state index >= 15 is 0 Å². The van der Waals surface area contributed by atoms with Gasteiger partial charge in [0.05, 0.1) is 5.38 Å². The molecular formula is C14H12Cl3N. The van der Waals surface area contributed by atoms with Crippen LogP contribution in [0.3, 0.4) is 0 Å². The Morgan fingerprint density at radius 2 is 1.72 bits per heavy atom. The maximum atomic E-state index is 6.50. The molecule has 0 aliphatic rings. The summed E-state index contributed by atoms with van der Waals surface area (Å²) >= 11 is 18.6. The Bertz CT molecular complexity index is 528. The lowest BCUT2D eigenvalue weighted by molar-refractivity contribution is 0.730. The molecule has 2 unspecified atom stereocenters. The molecule has 1 aromatic heterocycles. The van der Waals surface area contributed by atoms with E-state index in [-0.39, 0.29) is 11.3 Å². The summed E-state index contributed by atoms with van der Waals surface area (Å²) in [4.78, 5) is 4.00. The maximum absolute atomic E-state index is 6.50. The standard InChI is InChI=1S/C14H12Cl3N/c1-9(10-4-6-18-7-5-10)14(17)12-3-2-11(15)8-13(12)16/h2-9,14H,1H3. The summed E-state index contributed by atoms with van der Waals surface area (Å²) in [6.45, 7) is 2.07. The van der Waals surface area contributed by atoms with Crippen LogP contribution in [0.4, 0.5) is 0 Å². The van der Waals surface area contributed by atoms with Gasteiger partial charge in [-0.25, -0.2) is 0 Å². The molecular weight excluding hydrogens is 289 g/mol. The van der Waals surface area contributed by atoms with Crippen molar-refractivity contribution in [2.24, 2.45) is 0 Å². The fourth-order valence-electron chi connectivity index (χ4n) is 1.83. The van der Waals surface area contributed by atoms with Gasteiger partial charge in [-0.15, -0.1) is 11.6 Å². The van der Waals surface area contributed by atoms with Gasteiger partial charge in [0.2, 0.25) is 0 Å². The third-order valence-corrected chi connectivity index (χ3v) is 4.11. The predicted molar refractivity (Wildman–Crippen MR) is 77.7 cm³/mol. The van der Waals surface area contributed by atoms with Crippen LogP contribution in [0.1, 0.15) is 29.3 Å². The van der Waals surface area contributed by atoms with Gasteiger partial charge in [-0.2, -0.15) is 0 Å². The van der Waals surface area contributed by atoms with Crippen molar-refractivity contribution in [2.45, 2.75) is 18.2 Å². The van der Waals surface area contributed by atoms with Gasteiger partial charge in [0.1, 0.15) is 0 Å². The lowest BCUT2D eigenvalue weighted by Gasteiger charge is -2.19. The fourth-order valence-corrected chi connectivity index (χ4v) is 2.75. The molecule has 0 spiro atoms. The number of halogens is 3. The van der Waals surface area contributed by atoms with Gasteiger partial charge in [-0.05, 0) is 35.4 Å². The summed E-state index contributed by atoms with van der Waals surface area (Å²) < 4.78 is 0. The van der Waals surface area contributed by atoms with Crippen molar-refractivity contribution in [3.05, 3.63) is 63.9 Å². The van der Waals surface area contributed by atoms with Crippen LogP contribution in [-0.2, 0) is 0 Å². The molecule has 2 aromatic rings. The quantitative estimate of drug-likeness (QED) is 0.685. The van der Waals surface area contributed by atoms with E-state index in [0.717, 1.165) is 11.1 Å². The van der Waals surface area contributed by atoms with E-state index in [1.807, 2.05) is 18.2 Å². The molecule has 2 rings (SSSR count). The zero-order valence-corrected chi connectivity index (χ0v) is 12.0. The minimum Gasteiger partial charge on any atom is -0.265 e. The summed E-state index contributed by atoms with van der Waals surface area (Å²) in [7, 11) is 0. The van der Waals surface area contributed by atoms with Crippen molar-refractivity contribution in [1.82, 2.24) is 4.98 Å². The number of pyridine rings is 1. The van der Waals surface area contributed by atoms with E-state index in [1.54, 1.807) is 24.5 Å². The largest absolute Gasteiger partial charge is 0.265 e. The van der Waals surface area contributed by atoms with Crippen molar-refractivity contribution in [3.8, 4) is 0 Å². The van der Waals surface area contributed by atoms with Gasteiger partial charge in [-0.3, -0.25) is 4.98 Å². The molecule has 0 bridgehead atoms. The molecule has 1 aromatic carbocycles. The van der Waals surface area contributed by atoms with Crippen LogP contribution in [0.5, 0.6) is 0 Å². The minimum atomic E-state index is -0.197. The van der Waals surface area contributed by atoms with Gasteiger partial charge in [-0.1, -0.05) is 36.2 Å². The normalized spacial score (nSPS) is 14.2. The van der Waals surface area contributed by atoms with E-state index in [4.69, 9.17) is 34.8 Å². The first-order valence-corrected chi connectivity index (χ1v) is 6.78. The summed E-state index contributed by atoms with van der Waals surface area (Å²) in [5.41, 5.74) is 2.03. The number of alkyl halides is 1. The average Bonchev–Trinajstić information content (AvgIpc) is 2.38. The molecule has 4 heteroatoms. The Morgan fingerprint density at radius 1 is 1.06 bits per heavy atom. The highest BCUT2D eigenvalue weighted by Crippen LogP contribution is 2.39. The van der Waals surface area contributed by atoms with Crippen molar-refractivity contribution in [2.75, 3.05) is 0 Å². The predicted octanol–water partition coefficient (Wildman–Crippen LogP) is 5.47. The van der Waals surface area contributed by atoms with Crippen LogP contribution in [0.15, 0.2) is 42.7 Å². The highest BCUT2D eigenvalue weighted by molar-refractivity contribution is 6.35. The summed E-state index contributed by atoms with van der Waals surface area (Å²) in [5, 5.41) is 1.02. The SMILES string of the molecule is CC(c1ccncc1)C(Cl)c1ccc(Cl)cc1Cl. The van der Waals surface area contributed by atoms with Gasteiger partial charge >= 0.3 is 0 Å². The van der Waals surface area contributed by atoms with Crippen LogP contribution in [0, 0.1) is 0 Å². The molecule has 1 nitrogen and oxygen atoms in total. The van der Waals surface area contributed by atoms with Crippen molar-refractivity contribution in [3.63, 3.8) is 0 Å². The Kier molecular flexibility index (Phi) is 4.50. The lowest BCUT2D eigenvalue weighted by atomic mass is 9.94. The van der Waals surface area contributed by atoms with E-state index in [9.17, 15) is 0 Å². The van der Waals surface area contributed by atoms with Crippen LogP contribution >= 0.6 is 34.8 Å². The fraction of sp³-hybridized carbons (Fsp3) is 0.214. The molecule has 0 aliphatic carbocycles. The van der Waals surface area contributed by atoms with E-state index in [2.05, 4.69) is 11.9 Å². The average molecular weight is 301 g/mol. The second kappa shape index (κ2) is 5.92. The van der Waals surface area contributed by atoms with Crippen molar-refractivity contribution >= 4 is 34.8 Å². The maximum Gasteiger partial charge on any atom is 0.0665 e. The van der Waals surface area contributed by atoms with Gasteiger partial charge in [0.15, 0.2) is 0 Å². The monoisotopic (exact) mass is 299 g/mol. The Balaban J connectivity index is 2.28. The summed E-state index contributed by atoms with van der Waals surface area (Å²) in [6.07, 6.45) is 3.53. The molecule has 0 amide bonds. The van der Waals surface area contributed by atoms with E-state index in [0.29, 0.717) is 10.0 Å². The first-order chi connectivity index (χ1) is 8.59.